The molecule has 0 fully saturated rings. The van der Waals surface area contributed by atoms with Crippen LogP contribution in [0.2, 0.25) is 0 Å². The molecule has 0 spiro atoms. The second kappa shape index (κ2) is 6.39. The molecular formula is C19H30N2. The Kier molecular flexibility index (Phi) is 4.54. The quantitative estimate of drug-likeness (QED) is 0.775. The largest absolute Gasteiger partial charge is 0.402 e. The molecule has 0 heterocycles. The Hall–Kier alpha value is -1.02. The van der Waals surface area contributed by atoms with E-state index in [0.717, 1.165) is 24.5 Å². The smallest absolute Gasteiger partial charge is 0.0201 e. The second-order valence-electron chi connectivity index (χ2n) is 7.23. The monoisotopic (exact) mass is 286 g/mol. The lowest BCUT2D eigenvalue weighted by atomic mass is 9.72. The van der Waals surface area contributed by atoms with Crippen molar-refractivity contribution < 1.29 is 0 Å². The number of allylic oxidation sites excluding steroid dienone is 4. The zero-order chi connectivity index (χ0) is 14.8. The van der Waals surface area contributed by atoms with E-state index in [9.17, 15) is 0 Å². The zero-order valence-electron chi connectivity index (χ0n) is 13.5. The van der Waals surface area contributed by atoms with E-state index < -0.39 is 0 Å². The Labute approximate surface area is 129 Å². The third-order valence-corrected chi connectivity index (χ3v) is 5.83. The maximum Gasteiger partial charge on any atom is 0.0201 e. The van der Waals surface area contributed by atoms with Crippen molar-refractivity contribution in [2.45, 2.75) is 58.0 Å². The molecule has 3 aliphatic carbocycles. The van der Waals surface area contributed by atoms with Crippen LogP contribution in [-0.2, 0) is 0 Å². The van der Waals surface area contributed by atoms with Gasteiger partial charge in [0.1, 0.15) is 0 Å². The molecule has 3 N–H and O–H groups in total. The number of fused-ring (bicyclic) bond motifs is 1. The molecule has 0 aliphatic heterocycles. The van der Waals surface area contributed by atoms with Crippen molar-refractivity contribution in [2.75, 3.05) is 0 Å². The molecule has 6 atom stereocenters. The first-order valence-electron chi connectivity index (χ1n) is 8.71. The Morgan fingerprint density at radius 1 is 1.19 bits per heavy atom. The maximum absolute atomic E-state index is 6.34. The highest BCUT2D eigenvalue weighted by Gasteiger charge is 2.35. The fraction of sp³-hybridized carbons (Fsp3) is 0.684. The standard InChI is InChI=1S/C19H30N2/c1-13-7-3-4-10-16(13)14(2)21-18-12-6-9-15-8-5-11-17(20)19(15)18/h3,6-7,9,11,13-16,18-19,21H,4-5,8,10,12,20H2,1-2H3. The van der Waals surface area contributed by atoms with Gasteiger partial charge in [0.05, 0.1) is 0 Å². The fourth-order valence-electron chi connectivity index (χ4n) is 4.64. The van der Waals surface area contributed by atoms with Crippen LogP contribution < -0.4 is 11.1 Å². The molecule has 0 bridgehead atoms. The van der Waals surface area contributed by atoms with Crippen molar-refractivity contribution in [2.24, 2.45) is 29.4 Å². The molecule has 0 aromatic rings. The minimum Gasteiger partial charge on any atom is -0.402 e. The van der Waals surface area contributed by atoms with Crippen LogP contribution in [0.5, 0.6) is 0 Å². The average molecular weight is 286 g/mol. The van der Waals surface area contributed by atoms with E-state index in [4.69, 9.17) is 5.73 Å². The molecule has 0 aromatic heterocycles. The van der Waals surface area contributed by atoms with Crippen LogP contribution in [0.4, 0.5) is 0 Å². The molecule has 21 heavy (non-hydrogen) atoms. The molecular weight excluding hydrogens is 256 g/mol. The summed E-state index contributed by atoms with van der Waals surface area (Å²) in [5, 5.41) is 3.94. The number of hydrogen-bond acceptors (Lipinski definition) is 2. The minimum atomic E-state index is 0.514. The predicted octanol–water partition coefficient (Wildman–Crippen LogP) is 3.76. The van der Waals surface area contributed by atoms with Crippen LogP contribution >= 0.6 is 0 Å². The van der Waals surface area contributed by atoms with Gasteiger partial charge in [0, 0.05) is 23.7 Å². The van der Waals surface area contributed by atoms with E-state index in [1.54, 1.807) is 0 Å². The van der Waals surface area contributed by atoms with E-state index >= 15 is 0 Å². The second-order valence-corrected chi connectivity index (χ2v) is 7.23. The van der Waals surface area contributed by atoms with Crippen LogP contribution in [-0.4, -0.2) is 12.1 Å². The van der Waals surface area contributed by atoms with E-state index in [1.165, 1.54) is 19.3 Å². The van der Waals surface area contributed by atoms with Gasteiger partial charge < -0.3 is 11.1 Å². The maximum atomic E-state index is 6.34. The predicted molar refractivity (Wildman–Crippen MR) is 89.7 cm³/mol. The van der Waals surface area contributed by atoms with Crippen LogP contribution in [0.25, 0.3) is 0 Å². The van der Waals surface area contributed by atoms with E-state index in [-0.39, 0.29) is 0 Å². The highest BCUT2D eigenvalue weighted by atomic mass is 15.0. The Morgan fingerprint density at radius 3 is 2.86 bits per heavy atom. The Morgan fingerprint density at radius 2 is 2.05 bits per heavy atom. The van der Waals surface area contributed by atoms with Crippen molar-refractivity contribution in [1.29, 1.82) is 0 Å². The van der Waals surface area contributed by atoms with Gasteiger partial charge in [-0.15, -0.1) is 0 Å². The highest BCUT2D eigenvalue weighted by Crippen LogP contribution is 2.37. The molecule has 0 saturated carbocycles. The third kappa shape index (κ3) is 3.11. The summed E-state index contributed by atoms with van der Waals surface area (Å²) in [5.74, 6) is 2.61. The van der Waals surface area contributed by atoms with Crippen molar-refractivity contribution >= 4 is 0 Å². The van der Waals surface area contributed by atoms with Gasteiger partial charge in [0.15, 0.2) is 0 Å². The lowest BCUT2D eigenvalue weighted by molar-refractivity contribution is 0.215. The lowest BCUT2D eigenvalue weighted by Gasteiger charge is -2.41. The molecule has 2 heteroatoms. The van der Waals surface area contributed by atoms with Gasteiger partial charge in [0.2, 0.25) is 0 Å². The van der Waals surface area contributed by atoms with E-state index in [0.29, 0.717) is 29.8 Å². The van der Waals surface area contributed by atoms with Crippen LogP contribution in [0.1, 0.15) is 46.0 Å². The topological polar surface area (TPSA) is 38.0 Å². The number of nitrogens with one attached hydrogen (secondary N) is 1. The molecule has 2 nitrogen and oxygen atoms in total. The first kappa shape index (κ1) is 14.9. The van der Waals surface area contributed by atoms with Crippen molar-refractivity contribution in [3.05, 3.63) is 36.1 Å². The van der Waals surface area contributed by atoms with Crippen LogP contribution in [0, 0.1) is 23.7 Å². The third-order valence-electron chi connectivity index (χ3n) is 5.83. The van der Waals surface area contributed by atoms with Crippen molar-refractivity contribution in [1.82, 2.24) is 5.32 Å². The number of rotatable bonds is 3. The Balaban J connectivity index is 1.68. The molecule has 116 valence electrons. The molecule has 3 rings (SSSR count). The SMILES string of the molecule is CC1C=CCCC1C(C)NC1CC=CC2CCC=C(N)C21. The summed E-state index contributed by atoms with van der Waals surface area (Å²) in [7, 11) is 0. The van der Waals surface area contributed by atoms with Crippen molar-refractivity contribution in [3.8, 4) is 0 Å². The summed E-state index contributed by atoms with van der Waals surface area (Å²) in [6.45, 7) is 4.73. The highest BCUT2D eigenvalue weighted by molar-refractivity contribution is 5.19. The van der Waals surface area contributed by atoms with E-state index in [1.807, 2.05) is 0 Å². The zero-order valence-corrected chi connectivity index (χ0v) is 13.5. The normalized spacial score (nSPS) is 40.5. The van der Waals surface area contributed by atoms with Crippen LogP contribution in [0.15, 0.2) is 36.1 Å². The summed E-state index contributed by atoms with van der Waals surface area (Å²) >= 11 is 0. The Bertz CT molecular complexity index is 448. The van der Waals surface area contributed by atoms with Crippen LogP contribution in [0.3, 0.4) is 0 Å². The van der Waals surface area contributed by atoms with Gasteiger partial charge in [0.25, 0.3) is 0 Å². The van der Waals surface area contributed by atoms with Gasteiger partial charge in [-0.1, -0.05) is 37.3 Å². The fourth-order valence-corrected chi connectivity index (χ4v) is 4.64. The molecule has 0 saturated heterocycles. The molecule has 3 aliphatic rings. The molecule has 6 unspecified atom stereocenters. The molecule has 0 amide bonds. The van der Waals surface area contributed by atoms with E-state index in [2.05, 4.69) is 49.5 Å². The first-order valence-corrected chi connectivity index (χ1v) is 8.71. The summed E-state index contributed by atoms with van der Waals surface area (Å²) < 4.78 is 0. The molecule has 0 aromatic carbocycles. The number of hydrogen-bond donors (Lipinski definition) is 2. The minimum absolute atomic E-state index is 0.514. The summed E-state index contributed by atoms with van der Waals surface area (Å²) in [5.41, 5.74) is 7.46. The van der Waals surface area contributed by atoms with Gasteiger partial charge >= 0.3 is 0 Å². The van der Waals surface area contributed by atoms with Gasteiger partial charge in [-0.05, 0) is 56.8 Å². The first-order chi connectivity index (χ1) is 10.2. The van der Waals surface area contributed by atoms with Crippen molar-refractivity contribution in [3.63, 3.8) is 0 Å². The number of nitrogens with two attached hydrogens (primary N) is 1. The average Bonchev–Trinajstić information content (AvgIpc) is 2.48. The van der Waals surface area contributed by atoms with Gasteiger partial charge in [-0.25, -0.2) is 0 Å². The van der Waals surface area contributed by atoms with Gasteiger partial charge in [-0.3, -0.25) is 0 Å². The lowest BCUT2D eigenvalue weighted by Crippen LogP contribution is -2.50. The summed E-state index contributed by atoms with van der Waals surface area (Å²) in [6, 6.07) is 1.08. The van der Waals surface area contributed by atoms with Gasteiger partial charge in [-0.2, -0.15) is 0 Å². The summed E-state index contributed by atoms with van der Waals surface area (Å²) in [6.07, 6.45) is 17.8. The summed E-state index contributed by atoms with van der Waals surface area (Å²) in [4.78, 5) is 0. The molecule has 0 radical (unpaired) electrons.